The van der Waals surface area contributed by atoms with Gasteiger partial charge in [0.1, 0.15) is 0 Å². The number of pyridine rings is 1. The van der Waals surface area contributed by atoms with E-state index in [2.05, 4.69) is 4.98 Å². The van der Waals surface area contributed by atoms with Gasteiger partial charge in [-0.05, 0) is 43.2 Å². The number of nitrogens with zero attached hydrogens (tertiary/aromatic N) is 1. The number of anilines is 1. The SMILES string of the molecule is Cc1cnc(CS(=O)c2cccc(Cl)c2)c(C)c1N. The minimum Gasteiger partial charge on any atom is -0.398 e. The fourth-order valence-corrected chi connectivity index (χ4v) is 3.20. The largest absolute Gasteiger partial charge is 0.398 e. The first-order valence-corrected chi connectivity index (χ1v) is 7.53. The second kappa shape index (κ2) is 5.72. The van der Waals surface area contributed by atoms with Crippen LogP contribution in [0, 0.1) is 13.8 Å². The lowest BCUT2D eigenvalue weighted by atomic mass is 10.1. The van der Waals surface area contributed by atoms with Gasteiger partial charge in [-0.1, -0.05) is 17.7 Å². The molecule has 19 heavy (non-hydrogen) atoms. The van der Waals surface area contributed by atoms with Crippen molar-refractivity contribution in [3.63, 3.8) is 0 Å². The zero-order chi connectivity index (χ0) is 14.0. The highest BCUT2D eigenvalue weighted by atomic mass is 35.5. The maximum absolute atomic E-state index is 12.3. The summed E-state index contributed by atoms with van der Waals surface area (Å²) in [5.41, 5.74) is 9.28. The molecule has 0 amide bonds. The average molecular weight is 295 g/mol. The van der Waals surface area contributed by atoms with Crippen molar-refractivity contribution in [2.24, 2.45) is 0 Å². The normalized spacial score (nSPS) is 12.4. The van der Waals surface area contributed by atoms with Gasteiger partial charge >= 0.3 is 0 Å². The molecule has 0 bridgehead atoms. The third-order valence-electron chi connectivity index (χ3n) is 3.00. The minimum absolute atomic E-state index is 0.344. The van der Waals surface area contributed by atoms with Crippen LogP contribution >= 0.6 is 11.6 Å². The van der Waals surface area contributed by atoms with Crippen LogP contribution in [0.15, 0.2) is 35.4 Å². The molecule has 1 atom stereocenters. The van der Waals surface area contributed by atoms with Gasteiger partial charge in [-0.2, -0.15) is 0 Å². The Labute approximate surface area is 120 Å². The van der Waals surface area contributed by atoms with Crippen LogP contribution in [0.4, 0.5) is 5.69 Å². The lowest BCUT2D eigenvalue weighted by molar-refractivity contribution is 0.682. The molecule has 0 saturated carbocycles. The van der Waals surface area contributed by atoms with Crippen molar-refractivity contribution in [3.8, 4) is 0 Å². The van der Waals surface area contributed by atoms with Crippen LogP contribution in [0.1, 0.15) is 16.8 Å². The van der Waals surface area contributed by atoms with Crippen LogP contribution in [0.3, 0.4) is 0 Å². The van der Waals surface area contributed by atoms with E-state index in [4.69, 9.17) is 17.3 Å². The van der Waals surface area contributed by atoms with E-state index in [0.29, 0.717) is 21.4 Å². The van der Waals surface area contributed by atoms with Crippen LogP contribution in [0.2, 0.25) is 5.02 Å². The average Bonchev–Trinajstić information content (AvgIpc) is 2.39. The highest BCUT2D eigenvalue weighted by molar-refractivity contribution is 7.84. The Bertz CT molecular complexity index is 643. The molecule has 2 rings (SSSR count). The van der Waals surface area contributed by atoms with Crippen molar-refractivity contribution in [2.75, 3.05) is 5.73 Å². The number of hydrogen-bond donors (Lipinski definition) is 1. The number of nitrogens with two attached hydrogens (primary N) is 1. The standard InChI is InChI=1S/C14H15ClN2OS/c1-9-7-17-13(10(2)14(9)16)8-19(18)12-5-3-4-11(15)6-12/h3-7H,8H2,1-2H3,(H2,16,17). The number of aromatic nitrogens is 1. The van der Waals surface area contributed by atoms with Crippen LogP contribution < -0.4 is 5.73 Å². The molecule has 0 aliphatic carbocycles. The Morgan fingerprint density at radius 2 is 2.11 bits per heavy atom. The van der Waals surface area contributed by atoms with Crippen LogP contribution in [0.5, 0.6) is 0 Å². The number of benzene rings is 1. The van der Waals surface area contributed by atoms with Gasteiger partial charge in [0.25, 0.3) is 0 Å². The van der Waals surface area contributed by atoms with E-state index in [0.717, 1.165) is 16.8 Å². The van der Waals surface area contributed by atoms with Gasteiger partial charge in [-0.15, -0.1) is 0 Å². The third kappa shape index (κ3) is 3.14. The molecule has 1 aromatic carbocycles. The first-order chi connectivity index (χ1) is 8.99. The second-order valence-electron chi connectivity index (χ2n) is 4.37. The molecule has 0 radical (unpaired) electrons. The Morgan fingerprint density at radius 1 is 1.37 bits per heavy atom. The minimum atomic E-state index is -1.17. The van der Waals surface area contributed by atoms with E-state index in [9.17, 15) is 4.21 Å². The zero-order valence-corrected chi connectivity index (χ0v) is 12.4. The van der Waals surface area contributed by atoms with Crippen LogP contribution in [0.25, 0.3) is 0 Å². The summed E-state index contributed by atoms with van der Waals surface area (Å²) >= 11 is 5.90. The maximum Gasteiger partial charge on any atom is 0.0709 e. The van der Waals surface area contributed by atoms with Gasteiger partial charge in [0.05, 0.1) is 22.2 Å². The smallest absolute Gasteiger partial charge is 0.0709 e. The Morgan fingerprint density at radius 3 is 2.79 bits per heavy atom. The molecule has 5 heteroatoms. The topological polar surface area (TPSA) is 56.0 Å². The predicted octanol–water partition coefficient (Wildman–Crippen LogP) is 3.24. The van der Waals surface area contributed by atoms with Gasteiger partial charge < -0.3 is 5.73 Å². The fourth-order valence-electron chi connectivity index (χ4n) is 1.75. The van der Waals surface area contributed by atoms with Crippen molar-refractivity contribution < 1.29 is 4.21 Å². The molecular formula is C14H15ClN2OS. The molecule has 1 aromatic heterocycles. The molecule has 3 nitrogen and oxygen atoms in total. The molecule has 100 valence electrons. The van der Waals surface area contributed by atoms with Gasteiger partial charge in [0, 0.05) is 21.8 Å². The monoisotopic (exact) mass is 294 g/mol. The molecule has 0 spiro atoms. The number of nitrogen functional groups attached to an aromatic ring is 1. The Hall–Kier alpha value is -1.39. The first kappa shape index (κ1) is 14.0. The Kier molecular flexibility index (Phi) is 4.22. The van der Waals surface area contributed by atoms with E-state index in [1.807, 2.05) is 13.8 Å². The van der Waals surface area contributed by atoms with E-state index in [1.165, 1.54) is 0 Å². The number of halogens is 1. The summed E-state index contributed by atoms with van der Waals surface area (Å²) < 4.78 is 12.3. The van der Waals surface area contributed by atoms with E-state index in [-0.39, 0.29) is 0 Å². The molecule has 0 aliphatic rings. The van der Waals surface area contributed by atoms with Crippen LogP contribution in [-0.2, 0) is 16.6 Å². The first-order valence-electron chi connectivity index (χ1n) is 5.83. The van der Waals surface area contributed by atoms with Crippen molar-refractivity contribution in [2.45, 2.75) is 24.5 Å². The lowest BCUT2D eigenvalue weighted by Gasteiger charge is -2.10. The van der Waals surface area contributed by atoms with E-state index < -0.39 is 10.8 Å². The summed E-state index contributed by atoms with van der Waals surface area (Å²) in [4.78, 5) is 5.02. The van der Waals surface area contributed by atoms with E-state index in [1.54, 1.807) is 30.5 Å². The summed E-state index contributed by atoms with van der Waals surface area (Å²) in [7, 11) is -1.17. The van der Waals surface area contributed by atoms with Crippen molar-refractivity contribution >= 4 is 28.1 Å². The molecule has 2 aromatic rings. The molecule has 2 N–H and O–H groups in total. The molecular weight excluding hydrogens is 280 g/mol. The van der Waals surface area contributed by atoms with Gasteiger partial charge in [-0.25, -0.2) is 0 Å². The second-order valence-corrected chi connectivity index (χ2v) is 6.26. The Balaban J connectivity index is 2.27. The summed E-state index contributed by atoms with van der Waals surface area (Å²) in [6, 6.07) is 7.06. The highest BCUT2D eigenvalue weighted by Crippen LogP contribution is 2.21. The van der Waals surface area contributed by atoms with Crippen LogP contribution in [-0.4, -0.2) is 9.19 Å². The number of hydrogen-bond acceptors (Lipinski definition) is 3. The molecule has 1 heterocycles. The third-order valence-corrected chi connectivity index (χ3v) is 4.55. The zero-order valence-electron chi connectivity index (χ0n) is 10.8. The summed E-state index contributed by atoms with van der Waals surface area (Å²) in [6.45, 7) is 3.81. The van der Waals surface area contributed by atoms with Crippen molar-refractivity contribution in [1.82, 2.24) is 4.98 Å². The molecule has 0 saturated heterocycles. The van der Waals surface area contributed by atoms with Crippen molar-refractivity contribution in [1.29, 1.82) is 0 Å². The fraction of sp³-hybridized carbons (Fsp3) is 0.214. The molecule has 0 fully saturated rings. The van der Waals surface area contributed by atoms with Gasteiger partial charge in [0.2, 0.25) is 0 Å². The summed E-state index contributed by atoms with van der Waals surface area (Å²) in [6.07, 6.45) is 1.72. The molecule has 0 aliphatic heterocycles. The van der Waals surface area contributed by atoms with Crippen molar-refractivity contribution in [3.05, 3.63) is 52.3 Å². The quantitative estimate of drug-likeness (QED) is 0.945. The van der Waals surface area contributed by atoms with Gasteiger partial charge in [-0.3, -0.25) is 9.19 Å². The highest BCUT2D eigenvalue weighted by Gasteiger charge is 2.11. The summed E-state index contributed by atoms with van der Waals surface area (Å²) in [5, 5.41) is 0.582. The van der Waals surface area contributed by atoms with E-state index >= 15 is 0 Å². The number of rotatable bonds is 3. The number of aryl methyl sites for hydroxylation is 1. The predicted molar refractivity (Wildman–Crippen MR) is 79.7 cm³/mol. The molecule has 1 unspecified atom stereocenters. The van der Waals surface area contributed by atoms with Gasteiger partial charge in [0.15, 0.2) is 0 Å². The summed E-state index contributed by atoms with van der Waals surface area (Å²) in [5.74, 6) is 0.344. The maximum atomic E-state index is 12.3. The lowest BCUT2D eigenvalue weighted by Crippen LogP contribution is -2.05.